The van der Waals surface area contributed by atoms with E-state index in [1.807, 2.05) is 42.2 Å². The smallest absolute Gasteiger partial charge is 0.275 e. The molecular formula is C21H26N6O2S. The molecule has 1 fully saturated rings. The summed E-state index contributed by atoms with van der Waals surface area (Å²) >= 11 is 1.39. The van der Waals surface area contributed by atoms with Crippen molar-refractivity contribution in [3.8, 4) is 0 Å². The lowest BCUT2D eigenvalue weighted by Gasteiger charge is -2.34. The van der Waals surface area contributed by atoms with Crippen LogP contribution in [0.25, 0.3) is 4.96 Å². The molecular weight excluding hydrogens is 400 g/mol. The van der Waals surface area contributed by atoms with Crippen LogP contribution >= 0.6 is 11.3 Å². The molecule has 0 radical (unpaired) electrons. The van der Waals surface area contributed by atoms with Crippen molar-refractivity contribution in [2.45, 2.75) is 19.8 Å². The third-order valence-electron chi connectivity index (χ3n) is 5.29. The van der Waals surface area contributed by atoms with Crippen molar-refractivity contribution < 1.29 is 4.79 Å². The fourth-order valence-corrected chi connectivity index (χ4v) is 4.38. The number of piperazine rings is 1. The molecule has 30 heavy (non-hydrogen) atoms. The minimum absolute atomic E-state index is 0.141. The first-order chi connectivity index (χ1) is 14.6. The third kappa shape index (κ3) is 4.85. The maximum absolute atomic E-state index is 12.5. The van der Waals surface area contributed by atoms with Crippen molar-refractivity contribution in [2.75, 3.05) is 44.6 Å². The number of hydrogen-bond acceptors (Lipinski definition) is 7. The first kappa shape index (κ1) is 20.5. The molecule has 0 atom stereocenters. The molecule has 0 bridgehead atoms. The Balaban J connectivity index is 1.23. The second-order valence-electron chi connectivity index (χ2n) is 7.35. The maximum Gasteiger partial charge on any atom is 0.275 e. The number of anilines is 1. The number of aromatic nitrogens is 3. The lowest BCUT2D eigenvalue weighted by Crippen LogP contribution is -2.50. The van der Waals surface area contributed by atoms with Gasteiger partial charge in [0.05, 0.1) is 6.42 Å². The lowest BCUT2D eigenvalue weighted by molar-refractivity contribution is -0.132. The van der Waals surface area contributed by atoms with Gasteiger partial charge in [0.1, 0.15) is 0 Å². The van der Waals surface area contributed by atoms with E-state index in [4.69, 9.17) is 0 Å². The normalized spacial score (nSPS) is 14.9. The van der Waals surface area contributed by atoms with Gasteiger partial charge in [-0.15, -0.1) is 5.10 Å². The van der Waals surface area contributed by atoms with Gasteiger partial charge >= 0.3 is 0 Å². The van der Waals surface area contributed by atoms with Crippen LogP contribution in [0, 0.1) is 0 Å². The van der Waals surface area contributed by atoms with Gasteiger partial charge in [-0.05, 0) is 12.0 Å². The minimum Gasteiger partial charge on any atom is -0.359 e. The molecule has 1 N–H and O–H groups in total. The number of fused-ring (bicyclic) bond motifs is 1. The van der Waals surface area contributed by atoms with Gasteiger partial charge in [-0.1, -0.05) is 48.6 Å². The van der Waals surface area contributed by atoms with E-state index in [1.54, 1.807) is 0 Å². The molecule has 158 valence electrons. The molecule has 0 spiro atoms. The Hall–Kier alpha value is -2.78. The summed E-state index contributed by atoms with van der Waals surface area (Å²) in [7, 11) is 0. The first-order valence-electron chi connectivity index (χ1n) is 10.3. The van der Waals surface area contributed by atoms with Crippen LogP contribution < -0.4 is 10.9 Å². The molecule has 1 aromatic carbocycles. The van der Waals surface area contributed by atoms with E-state index in [2.05, 4.69) is 20.3 Å². The van der Waals surface area contributed by atoms with Crippen LogP contribution in [-0.4, -0.2) is 69.6 Å². The van der Waals surface area contributed by atoms with Gasteiger partial charge < -0.3 is 10.2 Å². The Morgan fingerprint density at radius 3 is 2.67 bits per heavy atom. The predicted octanol–water partition coefficient (Wildman–Crippen LogP) is 1.51. The van der Waals surface area contributed by atoms with Crippen LogP contribution in [0.4, 0.5) is 5.13 Å². The number of carbonyl (C=O) groups is 1. The number of amides is 1. The Labute approximate surface area is 179 Å². The second-order valence-corrected chi connectivity index (χ2v) is 8.31. The predicted molar refractivity (Wildman–Crippen MR) is 118 cm³/mol. The lowest BCUT2D eigenvalue weighted by atomic mass is 10.1. The SMILES string of the molecule is CCc1cc(=O)n2nc(NCCN3CCN(C(=O)Cc4ccccc4)CC3)sc2n1. The van der Waals surface area contributed by atoms with Crippen molar-refractivity contribution in [3.05, 3.63) is 58.0 Å². The van der Waals surface area contributed by atoms with Crippen molar-refractivity contribution in [2.24, 2.45) is 0 Å². The average Bonchev–Trinajstić information content (AvgIpc) is 3.18. The summed E-state index contributed by atoms with van der Waals surface area (Å²) < 4.78 is 1.35. The summed E-state index contributed by atoms with van der Waals surface area (Å²) in [5, 5.41) is 8.32. The molecule has 1 amide bonds. The van der Waals surface area contributed by atoms with Gasteiger partial charge in [0.15, 0.2) is 0 Å². The van der Waals surface area contributed by atoms with Crippen molar-refractivity contribution >= 4 is 27.3 Å². The van der Waals surface area contributed by atoms with Crippen LogP contribution in [0.2, 0.25) is 0 Å². The van der Waals surface area contributed by atoms with Crippen LogP contribution in [0.5, 0.6) is 0 Å². The molecule has 1 saturated heterocycles. The minimum atomic E-state index is -0.141. The van der Waals surface area contributed by atoms with E-state index >= 15 is 0 Å². The zero-order chi connectivity index (χ0) is 20.9. The molecule has 0 saturated carbocycles. The quantitative estimate of drug-likeness (QED) is 0.617. The molecule has 2 aromatic heterocycles. The van der Waals surface area contributed by atoms with E-state index in [9.17, 15) is 9.59 Å². The number of nitrogens with one attached hydrogen (secondary N) is 1. The number of rotatable bonds is 7. The largest absolute Gasteiger partial charge is 0.359 e. The number of aryl methyl sites for hydroxylation is 1. The molecule has 4 rings (SSSR count). The monoisotopic (exact) mass is 426 g/mol. The van der Waals surface area contributed by atoms with E-state index in [0.717, 1.165) is 56.9 Å². The molecule has 1 aliphatic rings. The highest BCUT2D eigenvalue weighted by Gasteiger charge is 2.21. The zero-order valence-electron chi connectivity index (χ0n) is 17.1. The highest BCUT2D eigenvalue weighted by Crippen LogP contribution is 2.16. The number of hydrogen-bond donors (Lipinski definition) is 1. The average molecular weight is 427 g/mol. The van der Waals surface area contributed by atoms with Gasteiger partial charge in [-0.2, -0.15) is 4.52 Å². The Kier molecular flexibility index (Phi) is 6.39. The molecule has 0 aliphatic carbocycles. The Morgan fingerprint density at radius 2 is 1.93 bits per heavy atom. The summed E-state index contributed by atoms with van der Waals surface area (Å²) in [6.45, 7) is 6.81. The molecule has 3 heterocycles. The van der Waals surface area contributed by atoms with Crippen LogP contribution in [0.1, 0.15) is 18.2 Å². The fourth-order valence-electron chi connectivity index (χ4n) is 3.53. The summed E-state index contributed by atoms with van der Waals surface area (Å²) in [4.78, 5) is 33.9. The van der Waals surface area contributed by atoms with E-state index in [1.165, 1.54) is 21.9 Å². The summed E-state index contributed by atoms with van der Waals surface area (Å²) in [6, 6.07) is 11.4. The van der Waals surface area contributed by atoms with Crippen molar-refractivity contribution in [1.29, 1.82) is 0 Å². The van der Waals surface area contributed by atoms with Gasteiger partial charge in [0.2, 0.25) is 16.0 Å². The number of benzene rings is 1. The second kappa shape index (κ2) is 9.36. The maximum atomic E-state index is 12.5. The molecule has 9 heteroatoms. The summed E-state index contributed by atoms with van der Waals surface area (Å²) in [5.41, 5.74) is 1.71. The highest BCUT2D eigenvalue weighted by molar-refractivity contribution is 7.20. The van der Waals surface area contributed by atoms with Crippen LogP contribution in [0.15, 0.2) is 41.2 Å². The zero-order valence-corrected chi connectivity index (χ0v) is 17.9. The van der Waals surface area contributed by atoms with Gasteiger partial charge in [-0.25, -0.2) is 4.98 Å². The summed E-state index contributed by atoms with van der Waals surface area (Å²) in [6.07, 6.45) is 1.19. The number of nitrogens with zero attached hydrogens (tertiary/aromatic N) is 5. The topological polar surface area (TPSA) is 82.8 Å². The molecule has 1 aliphatic heterocycles. The van der Waals surface area contributed by atoms with Crippen LogP contribution in [-0.2, 0) is 17.6 Å². The van der Waals surface area contributed by atoms with Gasteiger partial charge in [0.25, 0.3) is 5.56 Å². The van der Waals surface area contributed by atoms with Crippen molar-refractivity contribution in [3.63, 3.8) is 0 Å². The van der Waals surface area contributed by atoms with E-state index in [0.29, 0.717) is 16.5 Å². The van der Waals surface area contributed by atoms with Gasteiger partial charge in [-0.3, -0.25) is 14.5 Å². The van der Waals surface area contributed by atoms with Crippen LogP contribution in [0.3, 0.4) is 0 Å². The third-order valence-corrected chi connectivity index (χ3v) is 6.15. The van der Waals surface area contributed by atoms with Crippen molar-refractivity contribution in [1.82, 2.24) is 24.4 Å². The fraction of sp³-hybridized carbons (Fsp3) is 0.429. The molecule has 8 nitrogen and oxygen atoms in total. The highest BCUT2D eigenvalue weighted by atomic mass is 32.1. The molecule has 0 unspecified atom stereocenters. The Bertz CT molecular complexity index is 1060. The van der Waals surface area contributed by atoms with E-state index < -0.39 is 0 Å². The van der Waals surface area contributed by atoms with E-state index in [-0.39, 0.29) is 11.5 Å². The first-order valence-corrected chi connectivity index (χ1v) is 11.1. The number of carbonyl (C=O) groups excluding carboxylic acids is 1. The Morgan fingerprint density at radius 1 is 1.17 bits per heavy atom. The molecule has 3 aromatic rings. The van der Waals surface area contributed by atoms with Gasteiger partial charge in [0, 0.05) is 51.0 Å². The summed E-state index contributed by atoms with van der Waals surface area (Å²) in [5.74, 6) is 0.192. The standard InChI is InChI=1S/C21H26N6O2S/c1-2-17-15-19(29)27-21(23-17)30-20(24-27)22-8-9-25-10-12-26(13-11-25)18(28)14-16-6-4-3-5-7-16/h3-7,15H,2,8-14H2,1H3,(H,22,24).